The number of hydrogen-bond acceptors (Lipinski definition) is 13. The number of esters is 2. The highest BCUT2D eigenvalue weighted by Crippen LogP contribution is 2.38. The van der Waals surface area contributed by atoms with Crippen molar-refractivity contribution in [2.45, 2.75) is 32.1 Å². The standard InChI is InChI=1S/C50H39F5N8O7S/c1-61(18-3-21-69-40(65)14-15-41(66)70-47-45(54)43(52)42(51)44(53)46(47)55)30-9-7-28(8-10-30)59-60-50-58-36-11-6-27(23-39(36)71-50)48(67)62-19-16-31-26(4-2-5-37(31)62)22-34(56)49(68)63-20-17-32-33-24-29(25-64)57-35(33)12-13-38(32)63/h2,4-13,22-25,57H,3,14-21,56H2,1H3/b34-22-,60-59+. The number of azo groups is 1. The van der Waals surface area contributed by atoms with Crippen LogP contribution in [0.3, 0.4) is 0 Å². The van der Waals surface area contributed by atoms with Crippen LogP contribution in [0.2, 0.25) is 0 Å². The Balaban J connectivity index is 0.756. The number of nitrogens with one attached hydrogen (secondary N) is 1. The number of H-pyrrole nitrogens is 1. The Labute approximate surface area is 404 Å². The van der Waals surface area contributed by atoms with Gasteiger partial charge in [-0.05, 0) is 109 Å². The Bertz CT molecular complexity index is 3350. The molecule has 3 N–H and O–H groups in total. The molecule has 2 aliphatic heterocycles. The minimum absolute atomic E-state index is 0.0345. The number of carbonyl (C=O) groups excluding carboxylic acids is 5. The van der Waals surface area contributed by atoms with E-state index in [0.29, 0.717) is 66.5 Å². The first kappa shape index (κ1) is 47.7. The third kappa shape index (κ3) is 9.67. The number of hydrogen-bond donors (Lipinski definition) is 2. The number of carbonyl (C=O) groups is 5. The van der Waals surface area contributed by atoms with Crippen molar-refractivity contribution in [2.24, 2.45) is 16.0 Å². The highest BCUT2D eigenvalue weighted by atomic mass is 32.1. The molecule has 0 fully saturated rings. The second kappa shape index (κ2) is 19.9. The number of rotatable bonds is 15. The molecular formula is C50H39F5N8O7S. The smallest absolute Gasteiger partial charge is 0.311 e. The molecule has 0 unspecified atom stereocenters. The number of aldehydes is 1. The van der Waals surface area contributed by atoms with E-state index in [0.717, 1.165) is 55.6 Å². The molecule has 4 heterocycles. The zero-order valence-electron chi connectivity index (χ0n) is 37.4. The topological polar surface area (TPSA) is 193 Å². The van der Waals surface area contributed by atoms with Gasteiger partial charge in [0.2, 0.25) is 40.0 Å². The molecule has 0 bridgehead atoms. The molecule has 71 heavy (non-hydrogen) atoms. The molecule has 0 saturated heterocycles. The van der Waals surface area contributed by atoms with Crippen LogP contribution in [-0.4, -0.2) is 73.3 Å². The van der Waals surface area contributed by atoms with E-state index >= 15 is 0 Å². The molecule has 0 aliphatic carbocycles. The molecule has 7 aromatic rings. The number of ether oxygens (including phenoxy) is 2. The minimum Gasteiger partial charge on any atom is -0.466 e. The zero-order valence-corrected chi connectivity index (χ0v) is 38.3. The predicted octanol–water partition coefficient (Wildman–Crippen LogP) is 9.55. The summed E-state index contributed by atoms with van der Waals surface area (Å²) in [7, 11) is 1.82. The highest BCUT2D eigenvalue weighted by molar-refractivity contribution is 7.21. The maximum atomic E-state index is 14.0. The molecule has 9 rings (SSSR count). The fraction of sp³-hybridized carbons (Fsp3) is 0.200. The SMILES string of the molecule is CN(CCCOC(=O)CCC(=O)Oc1c(F)c(F)c(F)c(F)c1F)c1ccc(/N=N/c2nc3ccc(C(=O)N4CCc5c(/C=C(\N)C(=O)N6CCc7c6ccc6[nH]c(C=O)cc76)cccc54)cc3s2)cc1. The maximum absolute atomic E-state index is 14.0. The molecule has 362 valence electrons. The van der Waals surface area contributed by atoms with Gasteiger partial charge in [0.15, 0.2) is 6.29 Å². The first-order valence-corrected chi connectivity index (χ1v) is 22.8. The number of nitrogens with zero attached hydrogens (tertiary/aromatic N) is 6. The van der Waals surface area contributed by atoms with E-state index in [1.165, 1.54) is 11.3 Å². The average molecular weight is 991 g/mol. The van der Waals surface area contributed by atoms with Gasteiger partial charge in [0.25, 0.3) is 11.8 Å². The van der Waals surface area contributed by atoms with Crippen molar-refractivity contribution in [3.63, 3.8) is 0 Å². The first-order chi connectivity index (χ1) is 34.2. The van der Waals surface area contributed by atoms with Crippen molar-refractivity contribution >= 4 is 96.5 Å². The number of anilines is 3. The predicted molar refractivity (Wildman–Crippen MR) is 254 cm³/mol. The Morgan fingerprint density at radius 1 is 0.831 bits per heavy atom. The fourth-order valence-electron chi connectivity index (χ4n) is 8.45. The summed E-state index contributed by atoms with van der Waals surface area (Å²) in [5.74, 6) is -16.1. The van der Waals surface area contributed by atoms with Crippen LogP contribution in [-0.2, 0) is 32.0 Å². The summed E-state index contributed by atoms with van der Waals surface area (Å²) in [6.45, 7) is 1.31. The summed E-state index contributed by atoms with van der Waals surface area (Å²) in [4.78, 5) is 76.0. The van der Waals surface area contributed by atoms with E-state index in [4.69, 9.17) is 10.5 Å². The second-order valence-electron chi connectivity index (χ2n) is 16.5. The van der Waals surface area contributed by atoms with E-state index in [-0.39, 0.29) is 24.1 Å². The van der Waals surface area contributed by atoms with Gasteiger partial charge in [-0.15, -0.1) is 10.2 Å². The Hall–Kier alpha value is -8.33. The molecule has 0 atom stereocenters. The third-order valence-electron chi connectivity index (χ3n) is 12.0. The highest BCUT2D eigenvalue weighted by Gasteiger charge is 2.31. The lowest BCUT2D eigenvalue weighted by molar-refractivity contribution is -0.147. The van der Waals surface area contributed by atoms with Gasteiger partial charge in [-0.2, -0.15) is 8.78 Å². The lowest BCUT2D eigenvalue weighted by atomic mass is 10.0. The summed E-state index contributed by atoms with van der Waals surface area (Å²) in [5.41, 5.74) is 14.4. The number of thiazole rings is 1. The number of benzene rings is 5. The van der Waals surface area contributed by atoms with Gasteiger partial charge in [0.1, 0.15) is 0 Å². The van der Waals surface area contributed by atoms with Gasteiger partial charge >= 0.3 is 11.9 Å². The quantitative estimate of drug-likeness (QED) is 0.0115. The summed E-state index contributed by atoms with van der Waals surface area (Å²) >= 11 is 1.28. The van der Waals surface area contributed by atoms with Crippen LogP contribution in [0.4, 0.5) is 49.8 Å². The molecular weight excluding hydrogens is 952 g/mol. The normalized spacial score (nSPS) is 13.3. The maximum Gasteiger partial charge on any atom is 0.311 e. The third-order valence-corrected chi connectivity index (χ3v) is 12.9. The van der Waals surface area contributed by atoms with Crippen LogP contribution in [0, 0.1) is 29.1 Å². The van der Waals surface area contributed by atoms with Crippen molar-refractivity contribution in [3.05, 3.63) is 142 Å². The van der Waals surface area contributed by atoms with E-state index < -0.39 is 59.6 Å². The van der Waals surface area contributed by atoms with E-state index in [1.807, 2.05) is 54.4 Å². The first-order valence-electron chi connectivity index (χ1n) is 22.0. The second-order valence-corrected chi connectivity index (χ2v) is 17.5. The van der Waals surface area contributed by atoms with Crippen molar-refractivity contribution < 1.29 is 55.4 Å². The zero-order chi connectivity index (χ0) is 50.1. The van der Waals surface area contributed by atoms with Crippen LogP contribution in [0.25, 0.3) is 27.2 Å². The van der Waals surface area contributed by atoms with Crippen LogP contribution >= 0.6 is 11.3 Å². The number of aromatic amines is 1. The molecule has 5 aromatic carbocycles. The minimum atomic E-state index is -2.40. The van der Waals surface area contributed by atoms with Gasteiger partial charge in [-0.25, -0.2) is 18.2 Å². The van der Waals surface area contributed by atoms with E-state index in [1.54, 1.807) is 52.3 Å². The van der Waals surface area contributed by atoms with E-state index in [9.17, 15) is 45.9 Å². The van der Waals surface area contributed by atoms with Crippen molar-refractivity contribution in [3.8, 4) is 5.75 Å². The molecule has 21 heteroatoms. The fourth-order valence-corrected chi connectivity index (χ4v) is 9.28. The summed E-state index contributed by atoms with van der Waals surface area (Å²) in [6, 6.07) is 23.5. The number of amides is 2. The summed E-state index contributed by atoms with van der Waals surface area (Å²) in [5, 5.41) is 9.94. The largest absolute Gasteiger partial charge is 0.466 e. The molecule has 15 nitrogen and oxygen atoms in total. The van der Waals surface area contributed by atoms with Gasteiger partial charge in [-0.1, -0.05) is 23.5 Å². The van der Waals surface area contributed by atoms with Gasteiger partial charge < -0.3 is 34.9 Å². The molecule has 2 aliphatic rings. The van der Waals surface area contributed by atoms with Crippen molar-refractivity contribution in [2.75, 3.05) is 48.0 Å². The Morgan fingerprint density at radius 2 is 1.54 bits per heavy atom. The number of fused-ring (bicyclic) bond motifs is 5. The summed E-state index contributed by atoms with van der Waals surface area (Å²) in [6.07, 6.45) is 2.72. The van der Waals surface area contributed by atoms with Crippen LogP contribution < -0.4 is 25.2 Å². The van der Waals surface area contributed by atoms with Crippen LogP contribution in [0.15, 0.2) is 94.8 Å². The van der Waals surface area contributed by atoms with E-state index in [2.05, 4.69) is 24.9 Å². The lowest BCUT2D eigenvalue weighted by Gasteiger charge is -2.19. The van der Waals surface area contributed by atoms with Crippen molar-refractivity contribution in [1.82, 2.24) is 9.97 Å². The number of halogens is 5. The van der Waals surface area contributed by atoms with Crippen LogP contribution in [0.5, 0.6) is 5.75 Å². The van der Waals surface area contributed by atoms with Gasteiger partial charge in [-0.3, -0.25) is 24.0 Å². The monoisotopic (exact) mass is 990 g/mol. The van der Waals surface area contributed by atoms with Gasteiger partial charge in [0.05, 0.1) is 46.7 Å². The van der Waals surface area contributed by atoms with Crippen molar-refractivity contribution in [1.29, 1.82) is 0 Å². The molecule has 0 saturated carbocycles. The Kier molecular flexibility index (Phi) is 13.4. The van der Waals surface area contributed by atoms with Crippen LogP contribution in [0.1, 0.15) is 56.8 Å². The lowest BCUT2D eigenvalue weighted by Crippen LogP contribution is -2.33. The average Bonchev–Trinajstić information content (AvgIpc) is 4.21. The number of aromatic nitrogens is 2. The summed E-state index contributed by atoms with van der Waals surface area (Å²) < 4.78 is 77.6. The Morgan fingerprint density at radius 3 is 2.30 bits per heavy atom. The van der Waals surface area contributed by atoms with Gasteiger partial charge in [0, 0.05) is 60.2 Å². The molecule has 2 amide bonds. The molecule has 0 spiro atoms. The molecule has 2 aromatic heterocycles. The number of nitrogens with two attached hydrogens (primary N) is 1. The molecule has 0 radical (unpaired) electrons.